The van der Waals surface area contributed by atoms with Crippen molar-refractivity contribution < 1.29 is 13.9 Å². The molecule has 8 heteroatoms. The zero-order valence-electron chi connectivity index (χ0n) is 17.7. The maximum Gasteiger partial charge on any atom is 0.230 e. The third-order valence-electron chi connectivity index (χ3n) is 5.06. The highest BCUT2D eigenvalue weighted by molar-refractivity contribution is 9.10. The molecule has 0 unspecified atom stereocenters. The summed E-state index contributed by atoms with van der Waals surface area (Å²) >= 11 is 3.32. The van der Waals surface area contributed by atoms with Gasteiger partial charge in [0, 0.05) is 20.1 Å². The average Bonchev–Trinajstić information content (AvgIpc) is 2.75. The molecule has 1 aromatic heterocycles. The largest absolute Gasteiger partial charge is 0.495 e. The first-order valence-electron chi connectivity index (χ1n) is 9.85. The van der Waals surface area contributed by atoms with Gasteiger partial charge >= 0.3 is 0 Å². The van der Waals surface area contributed by atoms with Gasteiger partial charge in [-0.15, -0.1) is 0 Å². The second-order valence-corrected chi connectivity index (χ2v) is 7.70. The molecule has 0 saturated carbocycles. The number of anilines is 1. The van der Waals surface area contributed by atoms with Gasteiger partial charge in [-0.25, -0.2) is 14.4 Å². The van der Waals surface area contributed by atoms with E-state index in [1.54, 1.807) is 13.2 Å². The lowest BCUT2D eigenvalue weighted by Crippen LogP contribution is -2.33. The molecule has 0 fully saturated rings. The summed E-state index contributed by atoms with van der Waals surface area (Å²) in [5, 5.41) is 0.714. The van der Waals surface area contributed by atoms with E-state index < -0.39 is 0 Å². The molecule has 1 heterocycles. The molecule has 3 rings (SSSR count). The van der Waals surface area contributed by atoms with Crippen molar-refractivity contribution in [1.82, 2.24) is 14.9 Å². The van der Waals surface area contributed by atoms with E-state index >= 15 is 0 Å². The Hall–Kier alpha value is -2.45. The number of fused-ring (bicyclic) bond motifs is 1. The normalized spacial score (nSPS) is 11.2. The summed E-state index contributed by atoms with van der Waals surface area (Å²) in [7, 11) is 3.69. The summed E-state index contributed by atoms with van der Waals surface area (Å²) in [6.45, 7) is 8.19. The van der Waals surface area contributed by atoms with Gasteiger partial charge in [0.2, 0.25) is 5.88 Å². The van der Waals surface area contributed by atoms with E-state index in [2.05, 4.69) is 49.5 Å². The summed E-state index contributed by atoms with van der Waals surface area (Å²) in [4.78, 5) is 13.2. The Morgan fingerprint density at radius 3 is 2.47 bits per heavy atom. The average molecular weight is 477 g/mol. The number of benzene rings is 2. The molecular weight excluding hydrogens is 451 g/mol. The van der Waals surface area contributed by atoms with E-state index in [1.165, 1.54) is 18.5 Å². The molecule has 2 aromatic carbocycles. The number of ether oxygens (including phenoxy) is 2. The fraction of sp³-hybridized carbons (Fsp3) is 0.364. The van der Waals surface area contributed by atoms with Crippen LogP contribution in [-0.4, -0.2) is 55.2 Å². The molecule has 0 aliphatic rings. The van der Waals surface area contributed by atoms with Crippen molar-refractivity contribution in [2.45, 2.75) is 13.8 Å². The SMILES string of the molecule is CCN(CC)CCN(C)c1cc2ncnc(Oc3ccc(F)cc3Br)c2cc1OC. The molecule has 0 bridgehead atoms. The lowest BCUT2D eigenvalue weighted by atomic mass is 10.2. The predicted molar refractivity (Wildman–Crippen MR) is 121 cm³/mol. The lowest BCUT2D eigenvalue weighted by Gasteiger charge is -2.26. The maximum atomic E-state index is 13.4. The van der Waals surface area contributed by atoms with Crippen LogP contribution in [0.4, 0.5) is 10.1 Å². The van der Waals surface area contributed by atoms with Crippen molar-refractivity contribution in [2.75, 3.05) is 45.2 Å². The van der Waals surface area contributed by atoms with Crippen LogP contribution in [0.5, 0.6) is 17.4 Å². The molecule has 0 spiro atoms. The quantitative estimate of drug-likeness (QED) is 0.427. The van der Waals surface area contributed by atoms with Gasteiger partial charge in [0.05, 0.1) is 28.2 Å². The smallest absolute Gasteiger partial charge is 0.230 e. The number of methoxy groups -OCH3 is 1. The van der Waals surface area contributed by atoms with Gasteiger partial charge in [-0.3, -0.25) is 0 Å². The molecular formula is C22H26BrFN4O2. The molecule has 6 nitrogen and oxygen atoms in total. The van der Waals surface area contributed by atoms with E-state index in [1.807, 2.05) is 19.2 Å². The highest BCUT2D eigenvalue weighted by Crippen LogP contribution is 2.37. The zero-order valence-corrected chi connectivity index (χ0v) is 19.2. The van der Waals surface area contributed by atoms with E-state index in [0.29, 0.717) is 27.2 Å². The summed E-state index contributed by atoms with van der Waals surface area (Å²) < 4.78 is 25.5. The van der Waals surface area contributed by atoms with Crippen LogP contribution in [-0.2, 0) is 0 Å². The molecule has 0 atom stereocenters. The highest BCUT2D eigenvalue weighted by Gasteiger charge is 2.16. The molecule has 30 heavy (non-hydrogen) atoms. The molecule has 0 aliphatic heterocycles. The number of halogens is 2. The fourth-order valence-electron chi connectivity index (χ4n) is 3.21. The second-order valence-electron chi connectivity index (χ2n) is 6.85. The van der Waals surface area contributed by atoms with Gasteiger partial charge in [-0.1, -0.05) is 13.8 Å². The van der Waals surface area contributed by atoms with Crippen molar-refractivity contribution in [2.24, 2.45) is 0 Å². The lowest BCUT2D eigenvalue weighted by molar-refractivity contribution is 0.310. The number of aromatic nitrogens is 2. The number of rotatable bonds is 9. The number of hydrogen-bond donors (Lipinski definition) is 0. The number of likely N-dealkylation sites (N-methyl/N-ethyl adjacent to an activating group) is 2. The number of hydrogen-bond acceptors (Lipinski definition) is 6. The van der Waals surface area contributed by atoms with E-state index in [-0.39, 0.29) is 5.82 Å². The first-order chi connectivity index (χ1) is 14.5. The van der Waals surface area contributed by atoms with Gasteiger partial charge in [0.1, 0.15) is 23.6 Å². The highest BCUT2D eigenvalue weighted by atomic mass is 79.9. The Balaban J connectivity index is 1.93. The third kappa shape index (κ3) is 4.99. The Morgan fingerprint density at radius 2 is 1.80 bits per heavy atom. The molecule has 0 amide bonds. The minimum atomic E-state index is -0.346. The maximum absolute atomic E-state index is 13.4. The van der Waals surface area contributed by atoms with Crippen molar-refractivity contribution >= 4 is 32.5 Å². The van der Waals surface area contributed by atoms with Crippen molar-refractivity contribution in [1.29, 1.82) is 0 Å². The molecule has 0 saturated heterocycles. The van der Waals surface area contributed by atoms with Gasteiger partial charge < -0.3 is 19.3 Å². The second kappa shape index (κ2) is 10.0. The van der Waals surface area contributed by atoms with E-state index in [9.17, 15) is 4.39 Å². The minimum Gasteiger partial charge on any atom is -0.495 e. The summed E-state index contributed by atoms with van der Waals surface area (Å²) in [6, 6.07) is 8.10. The van der Waals surface area contributed by atoms with Crippen LogP contribution < -0.4 is 14.4 Å². The van der Waals surface area contributed by atoms with Crippen LogP contribution >= 0.6 is 15.9 Å². The van der Waals surface area contributed by atoms with Gasteiger partial charge in [-0.05, 0) is 59.4 Å². The summed E-state index contributed by atoms with van der Waals surface area (Å²) in [5.41, 5.74) is 1.69. The monoisotopic (exact) mass is 476 g/mol. The predicted octanol–water partition coefficient (Wildman–Crippen LogP) is 5.11. The molecule has 0 aliphatic carbocycles. The Labute approximate surface area is 184 Å². The number of nitrogens with zero attached hydrogens (tertiary/aromatic N) is 4. The molecule has 0 N–H and O–H groups in total. The van der Waals surface area contributed by atoms with Crippen LogP contribution in [0.25, 0.3) is 10.9 Å². The summed E-state index contributed by atoms with van der Waals surface area (Å²) in [6.07, 6.45) is 1.46. The standard InChI is InChI=1S/C22H26BrFN4O2/c1-5-28(6-2)10-9-27(3)19-13-18-16(12-21(19)29-4)22(26-14-25-18)30-20-8-7-15(24)11-17(20)23/h7-8,11-14H,5-6,9-10H2,1-4H3. The van der Waals surface area contributed by atoms with Crippen molar-refractivity contribution in [3.8, 4) is 17.4 Å². The first-order valence-corrected chi connectivity index (χ1v) is 10.6. The Kier molecular flexibility index (Phi) is 7.44. The molecule has 3 aromatic rings. The van der Waals surface area contributed by atoms with Gasteiger partial charge in [-0.2, -0.15) is 0 Å². The van der Waals surface area contributed by atoms with Crippen LogP contribution in [0.15, 0.2) is 41.1 Å². The van der Waals surface area contributed by atoms with Gasteiger partial charge in [0.25, 0.3) is 0 Å². The molecule has 160 valence electrons. The van der Waals surface area contributed by atoms with Crippen molar-refractivity contribution in [3.63, 3.8) is 0 Å². The zero-order chi connectivity index (χ0) is 21.7. The van der Waals surface area contributed by atoms with Crippen LogP contribution in [0, 0.1) is 5.82 Å². The topological polar surface area (TPSA) is 50.7 Å². The van der Waals surface area contributed by atoms with E-state index in [4.69, 9.17) is 9.47 Å². The summed E-state index contributed by atoms with van der Waals surface area (Å²) in [5.74, 6) is 1.21. The van der Waals surface area contributed by atoms with Crippen molar-refractivity contribution in [3.05, 3.63) is 46.9 Å². The first kappa shape index (κ1) is 22.2. The Bertz CT molecular complexity index is 1010. The van der Waals surface area contributed by atoms with Crippen LogP contribution in [0.2, 0.25) is 0 Å². The Morgan fingerprint density at radius 1 is 1.03 bits per heavy atom. The molecule has 0 radical (unpaired) electrons. The van der Waals surface area contributed by atoms with Gasteiger partial charge in [0.15, 0.2) is 0 Å². The third-order valence-corrected chi connectivity index (χ3v) is 5.68. The fourth-order valence-corrected chi connectivity index (χ4v) is 3.64. The minimum absolute atomic E-state index is 0.346. The van der Waals surface area contributed by atoms with Crippen LogP contribution in [0.3, 0.4) is 0 Å². The van der Waals surface area contributed by atoms with E-state index in [0.717, 1.165) is 37.4 Å². The van der Waals surface area contributed by atoms with Crippen LogP contribution in [0.1, 0.15) is 13.8 Å².